The maximum Gasteiger partial charge on any atom is 0.348 e. The van der Waals surface area contributed by atoms with Gasteiger partial charge in [0.2, 0.25) is 5.28 Å². The van der Waals surface area contributed by atoms with Gasteiger partial charge in [0.1, 0.15) is 21.3 Å². The van der Waals surface area contributed by atoms with E-state index in [9.17, 15) is 9.90 Å². The Hall–Kier alpha value is -2.38. The minimum absolute atomic E-state index is 0.0866. The smallest absolute Gasteiger partial charge is 0.348 e. The highest BCUT2D eigenvalue weighted by atomic mass is 35.5. The third kappa shape index (κ3) is 3.67. The van der Waals surface area contributed by atoms with Gasteiger partial charge in [-0.2, -0.15) is 4.98 Å². The molecule has 0 aliphatic carbocycles. The molecule has 0 aliphatic rings. The number of nitrogens with one attached hydrogen (secondary N) is 1. The Morgan fingerprint density at radius 1 is 1.32 bits per heavy atom. The summed E-state index contributed by atoms with van der Waals surface area (Å²) in [5.74, 6) is 0.308. The normalized spacial score (nSPS) is 10.8. The van der Waals surface area contributed by atoms with E-state index in [0.717, 1.165) is 23.1 Å². The standard InChI is InChI=1S/C17H16ClN3O3S/c1-3-8-24-16(23)13-9(2)12-14(20-17(18)21-15(12)25-13)19-10-4-6-11(22)7-5-10/h4-7,22H,3,8H2,1-2H3,(H,19,20,21). The number of aromatic hydroxyl groups is 1. The van der Waals surface area contributed by atoms with Crippen LogP contribution in [0.15, 0.2) is 24.3 Å². The second kappa shape index (κ2) is 7.25. The number of fused-ring (bicyclic) bond motifs is 1. The summed E-state index contributed by atoms with van der Waals surface area (Å²) in [4.78, 5) is 21.8. The summed E-state index contributed by atoms with van der Waals surface area (Å²) < 4.78 is 5.23. The molecular formula is C17H16ClN3O3S. The summed E-state index contributed by atoms with van der Waals surface area (Å²) >= 11 is 7.26. The molecule has 2 heterocycles. The summed E-state index contributed by atoms with van der Waals surface area (Å²) in [5, 5.41) is 13.4. The number of benzene rings is 1. The van der Waals surface area contributed by atoms with Gasteiger partial charge in [0.05, 0.1) is 12.0 Å². The fourth-order valence-electron chi connectivity index (χ4n) is 2.34. The molecule has 2 aromatic heterocycles. The topological polar surface area (TPSA) is 84.3 Å². The largest absolute Gasteiger partial charge is 0.508 e. The maximum absolute atomic E-state index is 12.2. The zero-order valence-corrected chi connectivity index (χ0v) is 15.2. The van der Waals surface area contributed by atoms with Gasteiger partial charge < -0.3 is 15.2 Å². The van der Waals surface area contributed by atoms with E-state index >= 15 is 0 Å². The second-order valence-corrected chi connectivity index (χ2v) is 6.72. The molecule has 0 fully saturated rings. The number of esters is 1. The molecular weight excluding hydrogens is 362 g/mol. The van der Waals surface area contributed by atoms with Gasteiger partial charge >= 0.3 is 5.97 Å². The molecule has 6 nitrogen and oxygen atoms in total. The lowest BCUT2D eigenvalue weighted by molar-refractivity contribution is 0.0510. The van der Waals surface area contributed by atoms with Crippen molar-refractivity contribution < 1.29 is 14.6 Å². The van der Waals surface area contributed by atoms with E-state index in [0.29, 0.717) is 22.1 Å². The first-order chi connectivity index (χ1) is 12.0. The van der Waals surface area contributed by atoms with Crippen molar-refractivity contribution in [1.82, 2.24) is 9.97 Å². The Kier molecular flexibility index (Phi) is 5.06. The first kappa shape index (κ1) is 17.4. The number of hydrogen-bond donors (Lipinski definition) is 2. The number of carbonyl (C=O) groups excluding carboxylic acids is 1. The molecule has 0 radical (unpaired) electrons. The van der Waals surface area contributed by atoms with Gasteiger partial charge in [-0.1, -0.05) is 6.92 Å². The molecule has 2 N–H and O–H groups in total. The molecule has 0 atom stereocenters. The van der Waals surface area contributed by atoms with Crippen LogP contribution in [0, 0.1) is 6.92 Å². The summed E-state index contributed by atoms with van der Waals surface area (Å²) in [7, 11) is 0. The van der Waals surface area contributed by atoms with Crippen molar-refractivity contribution in [3.05, 3.63) is 40.0 Å². The van der Waals surface area contributed by atoms with E-state index < -0.39 is 0 Å². The van der Waals surface area contributed by atoms with Crippen LogP contribution in [-0.2, 0) is 4.74 Å². The summed E-state index contributed by atoms with van der Waals surface area (Å²) in [6, 6.07) is 6.57. The average Bonchev–Trinajstić information content (AvgIpc) is 2.91. The van der Waals surface area contributed by atoms with Crippen LogP contribution in [-0.4, -0.2) is 27.7 Å². The van der Waals surface area contributed by atoms with Crippen molar-refractivity contribution in [2.75, 3.05) is 11.9 Å². The number of aryl methyl sites for hydroxylation is 1. The van der Waals surface area contributed by atoms with Crippen LogP contribution < -0.4 is 5.32 Å². The van der Waals surface area contributed by atoms with Gasteiger partial charge in [-0.3, -0.25) is 0 Å². The molecule has 0 unspecified atom stereocenters. The molecule has 3 rings (SSSR count). The van der Waals surface area contributed by atoms with Crippen molar-refractivity contribution in [3.8, 4) is 5.75 Å². The number of halogens is 1. The SMILES string of the molecule is CCCOC(=O)c1sc2nc(Cl)nc(Nc3ccc(O)cc3)c2c1C. The monoisotopic (exact) mass is 377 g/mol. The van der Waals surface area contributed by atoms with Crippen molar-refractivity contribution >= 4 is 50.6 Å². The lowest BCUT2D eigenvalue weighted by Crippen LogP contribution is -2.05. The minimum Gasteiger partial charge on any atom is -0.508 e. The zero-order valence-electron chi connectivity index (χ0n) is 13.7. The average molecular weight is 378 g/mol. The lowest BCUT2D eigenvalue weighted by Gasteiger charge is -2.08. The highest BCUT2D eigenvalue weighted by molar-refractivity contribution is 7.20. The number of thiophene rings is 1. The second-order valence-electron chi connectivity index (χ2n) is 5.39. The lowest BCUT2D eigenvalue weighted by atomic mass is 10.2. The van der Waals surface area contributed by atoms with Crippen molar-refractivity contribution in [1.29, 1.82) is 0 Å². The molecule has 0 amide bonds. The zero-order chi connectivity index (χ0) is 18.0. The van der Waals surface area contributed by atoms with E-state index in [-0.39, 0.29) is 17.0 Å². The molecule has 0 bridgehead atoms. The quantitative estimate of drug-likeness (QED) is 0.382. The van der Waals surface area contributed by atoms with E-state index in [1.165, 1.54) is 11.3 Å². The van der Waals surface area contributed by atoms with E-state index in [1.807, 2.05) is 13.8 Å². The van der Waals surface area contributed by atoms with Crippen LogP contribution in [0.2, 0.25) is 5.28 Å². The number of hydrogen-bond acceptors (Lipinski definition) is 7. The van der Waals surface area contributed by atoms with E-state index in [1.54, 1.807) is 24.3 Å². The van der Waals surface area contributed by atoms with E-state index in [2.05, 4.69) is 15.3 Å². The van der Waals surface area contributed by atoms with Crippen LogP contribution in [0.25, 0.3) is 10.2 Å². The predicted octanol–water partition coefficient (Wildman–Crippen LogP) is 4.67. The Labute approximate surface area is 153 Å². The molecule has 0 saturated carbocycles. The van der Waals surface area contributed by atoms with E-state index in [4.69, 9.17) is 16.3 Å². The first-order valence-corrected chi connectivity index (χ1v) is 8.89. The van der Waals surface area contributed by atoms with Crippen LogP contribution in [0.4, 0.5) is 11.5 Å². The van der Waals surface area contributed by atoms with Gasteiger partial charge in [0, 0.05) is 5.69 Å². The third-order valence-corrected chi connectivity index (χ3v) is 4.85. The summed E-state index contributed by atoms with van der Waals surface area (Å²) in [6.45, 7) is 4.15. The highest BCUT2D eigenvalue weighted by Crippen LogP contribution is 2.36. The molecule has 8 heteroatoms. The Balaban J connectivity index is 2.04. The number of phenolic OH excluding ortho intramolecular Hbond substituents is 1. The number of ether oxygens (including phenoxy) is 1. The van der Waals surface area contributed by atoms with Crippen LogP contribution in [0.1, 0.15) is 28.6 Å². The Bertz CT molecular complexity index is 925. The number of nitrogens with zero attached hydrogens (tertiary/aromatic N) is 2. The molecule has 0 aliphatic heterocycles. The summed E-state index contributed by atoms with van der Waals surface area (Å²) in [6.07, 6.45) is 0.759. The number of rotatable bonds is 5. The van der Waals surface area contributed by atoms with Crippen molar-refractivity contribution in [2.24, 2.45) is 0 Å². The number of carbonyl (C=O) groups is 1. The Morgan fingerprint density at radius 2 is 2.04 bits per heavy atom. The van der Waals surface area contributed by atoms with Crippen LogP contribution in [0.3, 0.4) is 0 Å². The number of phenols is 1. The first-order valence-electron chi connectivity index (χ1n) is 7.69. The summed E-state index contributed by atoms with van der Waals surface area (Å²) in [5.41, 5.74) is 1.48. The number of anilines is 2. The predicted molar refractivity (Wildman–Crippen MR) is 99.1 cm³/mol. The van der Waals surface area contributed by atoms with Crippen LogP contribution in [0.5, 0.6) is 5.75 Å². The molecule has 1 aromatic carbocycles. The van der Waals surface area contributed by atoms with Gasteiger partial charge in [-0.05, 0) is 54.8 Å². The molecule has 0 spiro atoms. The third-order valence-electron chi connectivity index (χ3n) is 3.52. The molecule has 130 valence electrons. The molecule has 25 heavy (non-hydrogen) atoms. The van der Waals surface area contributed by atoms with Gasteiger partial charge in [-0.25, -0.2) is 9.78 Å². The van der Waals surface area contributed by atoms with Crippen molar-refractivity contribution in [2.45, 2.75) is 20.3 Å². The molecule has 0 saturated heterocycles. The fourth-order valence-corrected chi connectivity index (χ4v) is 3.63. The fraction of sp³-hybridized carbons (Fsp3) is 0.235. The number of aromatic nitrogens is 2. The maximum atomic E-state index is 12.2. The minimum atomic E-state index is -0.367. The molecule has 3 aromatic rings. The van der Waals surface area contributed by atoms with Gasteiger partial charge in [0.25, 0.3) is 0 Å². The van der Waals surface area contributed by atoms with Gasteiger partial charge in [-0.15, -0.1) is 11.3 Å². The van der Waals surface area contributed by atoms with Crippen LogP contribution >= 0.6 is 22.9 Å². The van der Waals surface area contributed by atoms with Crippen molar-refractivity contribution in [3.63, 3.8) is 0 Å². The van der Waals surface area contributed by atoms with Gasteiger partial charge in [0.15, 0.2) is 0 Å². The highest BCUT2D eigenvalue weighted by Gasteiger charge is 2.21. The Morgan fingerprint density at radius 3 is 2.72 bits per heavy atom.